The molecule has 7 heteroatoms. The maximum absolute atomic E-state index is 11.5. The number of hydrogen-bond donors (Lipinski definition) is 0. The quantitative estimate of drug-likeness (QED) is 0.671. The molecule has 0 atom stereocenters. The molecule has 0 bridgehead atoms. The Morgan fingerprint density at radius 3 is 2.35 bits per heavy atom. The van der Waals surface area contributed by atoms with Gasteiger partial charge in [-0.15, -0.1) is 0 Å². The number of benzene rings is 1. The van der Waals surface area contributed by atoms with Crippen molar-refractivity contribution in [2.24, 2.45) is 0 Å². The molecule has 1 fully saturated rings. The Labute approximate surface area is 155 Å². The van der Waals surface area contributed by atoms with Gasteiger partial charge in [0.25, 0.3) is 0 Å². The summed E-state index contributed by atoms with van der Waals surface area (Å²) < 4.78 is 35.7. The van der Waals surface area contributed by atoms with Crippen LogP contribution in [0.5, 0.6) is 5.75 Å². The molecule has 0 saturated heterocycles. The van der Waals surface area contributed by atoms with Gasteiger partial charge < -0.3 is 9.15 Å². The van der Waals surface area contributed by atoms with Crippen molar-refractivity contribution in [1.82, 2.24) is 9.21 Å². The molecule has 0 N–H and O–H groups in total. The minimum atomic E-state index is -3.22. The van der Waals surface area contributed by atoms with Crippen molar-refractivity contribution in [3.63, 3.8) is 0 Å². The molecule has 1 saturated carbocycles. The summed E-state index contributed by atoms with van der Waals surface area (Å²) in [6, 6.07) is 12.4. The van der Waals surface area contributed by atoms with E-state index in [0.29, 0.717) is 18.3 Å². The summed E-state index contributed by atoms with van der Waals surface area (Å²) in [7, 11) is 0.0255. The van der Waals surface area contributed by atoms with Crippen molar-refractivity contribution >= 4 is 10.0 Å². The van der Waals surface area contributed by atoms with Gasteiger partial charge in [0.2, 0.25) is 10.0 Å². The molecule has 1 aliphatic carbocycles. The number of rotatable bonds is 9. The molecule has 1 aromatic heterocycles. The lowest BCUT2D eigenvalue weighted by Crippen LogP contribution is -2.25. The Kier molecular flexibility index (Phi) is 5.70. The molecular formula is C19H26N2O4S. The summed E-state index contributed by atoms with van der Waals surface area (Å²) >= 11 is 0. The molecule has 0 amide bonds. The van der Waals surface area contributed by atoms with Crippen molar-refractivity contribution in [3.05, 3.63) is 53.5 Å². The van der Waals surface area contributed by atoms with E-state index in [9.17, 15) is 8.42 Å². The molecule has 0 unspecified atom stereocenters. The number of para-hydroxylation sites is 1. The first-order chi connectivity index (χ1) is 12.4. The fourth-order valence-corrected chi connectivity index (χ4v) is 3.30. The van der Waals surface area contributed by atoms with Crippen LogP contribution in [0.3, 0.4) is 0 Å². The number of sulfonamides is 1. The van der Waals surface area contributed by atoms with Crippen molar-refractivity contribution in [1.29, 1.82) is 0 Å². The van der Waals surface area contributed by atoms with Gasteiger partial charge in [-0.25, -0.2) is 8.42 Å². The lowest BCUT2D eigenvalue weighted by atomic mass is 10.2. The Bertz CT molecular complexity index is 843. The molecule has 142 valence electrons. The number of methoxy groups -OCH3 is 1. The van der Waals surface area contributed by atoms with E-state index in [1.165, 1.54) is 23.4 Å². The molecule has 1 aromatic carbocycles. The van der Waals surface area contributed by atoms with Gasteiger partial charge in [0.1, 0.15) is 17.3 Å². The van der Waals surface area contributed by atoms with Crippen LogP contribution in [0.2, 0.25) is 0 Å². The highest BCUT2D eigenvalue weighted by Crippen LogP contribution is 2.32. The molecule has 1 heterocycles. The third-order valence-corrected chi connectivity index (χ3v) is 5.91. The van der Waals surface area contributed by atoms with Crippen molar-refractivity contribution in [3.8, 4) is 5.75 Å². The Morgan fingerprint density at radius 1 is 1.08 bits per heavy atom. The summed E-state index contributed by atoms with van der Waals surface area (Å²) in [5.74, 6) is 2.40. The monoisotopic (exact) mass is 378 g/mol. The van der Waals surface area contributed by atoms with E-state index in [-0.39, 0.29) is 6.54 Å². The van der Waals surface area contributed by atoms with Crippen LogP contribution in [0.15, 0.2) is 40.8 Å². The minimum absolute atomic E-state index is 0.245. The fraction of sp³-hybridized carbons (Fsp3) is 0.474. The first-order valence-electron chi connectivity index (χ1n) is 8.71. The highest BCUT2D eigenvalue weighted by molar-refractivity contribution is 7.88. The van der Waals surface area contributed by atoms with Crippen molar-refractivity contribution in [2.45, 2.75) is 38.5 Å². The molecule has 6 nitrogen and oxygen atoms in total. The number of hydrogen-bond acceptors (Lipinski definition) is 5. The number of nitrogens with zero attached hydrogens (tertiary/aromatic N) is 2. The first-order valence-corrected chi connectivity index (χ1v) is 10.6. The minimum Gasteiger partial charge on any atom is -0.496 e. The Hall–Kier alpha value is -1.83. The van der Waals surface area contributed by atoms with E-state index >= 15 is 0 Å². The van der Waals surface area contributed by atoms with Gasteiger partial charge in [-0.05, 0) is 31.0 Å². The molecule has 3 rings (SSSR count). The van der Waals surface area contributed by atoms with Gasteiger partial charge in [-0.1, -0.05) is 18.2 Å². The summed E-state index contributed by atoms with van der Waals surface area (Å²) in [4.78, 5) is 2.39. The second-order valence-corrected chi connectivity index (χ2v) is 8.92. The molecule has 0 aliphatic heterocycles. The third-order valence-electron chi connectivity index (χ3n) is 4.65. The van der Waals surface area contributed by atoms with Crippen LogP contribution in [0.4, 0.5) is 0 Å². The first kappa shape index (κ1) is 18.9. The molecular weight excluding hydrogens is 352 g/mol. The Balaban J connectivity index is 1.68. The van der Waals surface area contributed by atoms with Crippen LogP contribution in [-0.4, -0.2) is 44.1 Å². The van der Waals surface area contributed by atoms with Gasteiger partial charge >= 0.3 is 0 Å². The van der Waals surface area contributed by atoms with Crippen molar-refractivity contribution in [2.75, 3.05) is 20.4 Å². The number of ether oxygens (including phenoxy) is 1. The second kappa shape index (κ2) is 7.82. The van der Waals surface area contributed by atoms with Gasteiger partial charge in [0, 0.05) is 25.2 Å². The molecule has 0 spiro atoms. The average Bonchev–Trinajstić information content (AvgIpc) is 3.35. The SMILES string of the molecule is COc1ccccc1CN(Cc1ccc(CN(C)S(C)(=O)=O)o1)C1CC1. The van der Waals surface area contributed by atoms with Crippen LogP contribution in [0, 0.1) is 0 Å². The van der Waals surface area contributed by atoms with Gasteiger partial charge in [0.15, 0.2) is 0 Å². The van der Waals surface area contributed by atoms with E-state index in [2.05, 4.69) is 11.0 Å². The predicted molar refractivity (Wildman–Crippen MR) is 100 cm³/mol. The zero-order valence-corrected chi connectivity index (χ0v) is 16.3. The second-order valence-electron chi connectivity index (χ2n) is 6.84. The van der Waals surface area contributed by atoms with Gasteiger partial charge in [-0.3, -0.25) is 4.90 Å². The molecule has 0 radical (unpaired) electrons. The topological polar surface area (TPSA) is 63.0 Å². The lowest BCUT2D eigenvalue weighted by Gasteiger charge is -2.22. The Morgan fingerprint density at radius 2 is 1.73 bits per heavy atom. The smallest absolute Gasteiger partial charge is 0.211 e. The maximum Gasteiger partial charge on any atom is 0.211 e. The van der Waals surface area contributed by atoms with E-state index in [4.69, 9.17) is 9.15 Å². The zero-order valence-electron chi connectivity index (χ0n) is 15.5. The van der Waals surface area contributed by atoms with Crippen LogP contribution >= 0.6 is 0 Å². The summed E-state index contributed by atoms with van der Waals surface area (Å²) in [5.41, 5.74) is 1.16. The molecule has 1 aliphatic rings. The van der Waals surface area contributed by atoms with Crippen LogP contribution < -0.4 is 4.74 Å². The zero-order chi connectivity index (χ0) is 18.7. The highest BCUT2D eigenvalue weighted by Gasteiger charge is 2.30. The van der Waals surface area contributed by atoms with E-state index < -0.39 is 10.0 Å². The maximum atomic E-state index is 11.5. The van der Waals surface area contributed by atoms with Crippen LogP contribution in [-0.2, 0) is 29.7 Å². The number of furan rings is 1. The predicted octanol–water partition coefficient (Wildman–Crippen LogP) is 2.84. The average molecular weight is 378 g/mol. The van der Waals surface area contributed by atoms with E-state index in [0.717, 1.165) is 23.6 Å². The fourth-order valence-electron chi connectivity index (χ4n) is 2.94. The summed E-state index contributed by atoms with van der Waals surface area (Å²) in [6.07, 6.45) is 3.58. The van der Waals surface area contributed by atoms with Gasteiger partial charge in [0.05, 0.1) is 26.5 Å². The van der Waals surface area contributed by atoms with E-state index in [1.807, 2.05) is 30.3 Å². The molecule has 2 aromatic rings. The van der Waals surface area contributed by atoms with Gasteiger partial charge in [-0.2, -0.15) is 4.31 Å². The van der Waals surface area contributed by atoms with Crippen LogP contribution in [0.25, 0.3) is 0 Å². The molecule has 26 heavy (non-hydrogen) atoms. The standard InChI is InChI=1S/C19H26N2O4S/c1-20(26(3,22)23)13-17-10-11-18(25-17)14-21(16-8-9-16)12-15-6-4-5-7-19(15)24-2/h4-7,10-11,16H,8-9,12-14H2,1-3H3. The van der Waals surface area contributed by atoms with E-state index in [1.54, 1.807) is 14.2 Å². The third kappa shape index (κ3) is 4.87. The lowest BCUT2D eigenvalue weighted by molar-refractivity contribution is 0.218. The van der Waals surface area contributed by atoms with Crippen LogP contribution in [0.1, 0.15) is 29.9 Å². The summed E-state index contributed by atoms with van der Waals surface area (Å²) in [5, 5.41) is 0. The summed E-state index contributed by atoms with van der Waals surface area (Å²) in [6.45, 7) is 1.74. The largest absolute Gasteiger partial charge is 0.496 e. The normalized spacial score (nSPS) is 15.0. The highest BCUT2D eigenvalue weighted by atomic mass is 32.2. The van der Waals surface area contributed by atoms with Crippen molar-refractivity contribution < 1.29 is 17.6 Å².